The average molecular weight is 346 g/mol. The van der Waals surface area contributed by atoms with Crippen LogP contribution in [-0.4, -0.2) is 26.6 Å². The fourth-order valence-corrected chi connectivity index (χ4v) is 1.85. The number of hydrogen-bond acceptors (Lipinski definition) is 4. The third-order valence-corrected chi connectivity index (χ3v) is 3.36. The first-order chi connectivity index (χ1) is 8.13. The Morgan fingerprint density at radius 1 is 1.59 bits per heavy atom. The summed E-state index contributed by atoms with van der Waals surface area (Å²) in [4.78, 5) is 23.0. The molecule has 0 amide bonds. The first-order valence-corrected chi connectivity index (χ1v) is 5.96. The number of rotatable bonds is 3. The molecule has 6 nitrogen and oxygen atoms in total. The van der Waals surface area contributed by atoms with Crippen LogP contribution in [0.5, 0.6) is 0 Å². The van der Waals surface area contributed by atoms with Crippen LogP contribution in [-0.2, 0) is 18.4 Å². The number of nitrogens with one attached hydrogen (secondary N) is 1. The van der Waals surface area contributed by atoms with E-state index in [1.807, 2.05) is 29.6 Å². The number of aryl methyl sites for hydroxylation is 1. The Morgan fingerprint density at radius 3 is 2.94 bits per heavy atom. The minimum Gasteiger partial charge on any atom is -0.378 e. The van der Waals surface area contributed by atoms with Crippen LogP contribution in [0.2, 0.25) is 0 Å². The molecule has 0 aromatic carbocycles. The maximum Gasteiger partial charge on any atom is 0.265 e. The Morgan fingerprint density at radius 2 is 2.35 bits per heavy atom. The van der Waals surface area contributed by atoms with E-state index < -0.39 is 0 Å². The van der Waals surface area contributed by atoms with Crippen molar-refractivity contribution in [1.29, 1.82) is 0 Å². The quantitative estimate of drug-likeness (QED) is 0.839. The van der Waals surface area contributed by atoms with E-state index in [2.05, 4.69) is 15.0 Å². The highest BCUT2D eigenvalue weighted by Gasteiger charge is 2.12. The normalized spacial score (nSPS) is 10.8. The fourth-order valence-electron chi connectivity index (χ4n) is 1.44. The van der Waals surface area contributed by atoms with E-state index in [1.54, 1.807) is 24.1 Å². The summed E-state index contributed by atoms with van der Waals surface area (Å²) < 4.78 is 7.36. The number of H-pyrrole nitrogens is 1. The van der Waals surface area contributed by atoms with Crippen LogP contribution in [0, 0.1) is 3.57 Å². The monoisotopic (exact) mass is 346 g/mol. The SMILES string of the molecule is COCc1nc(-c2nccn2C)[nH]c(=O)c1I. The molecule has 0 aliphatic carbocycles. The van der Waals surface area contributed by atoms with Crippen LogP contribution < -0.4 is 5.56 Å². The summed E-state index contributed by atoms with van der Waals surface area (Å²) in [5, 5.41) is 0. The smallest absolute Gasteiger partial charge is 0.265 e. The van der Waals surface area contributed by atoms with Crippen molar-refractivity contribution < 1.29 is 4.74 Å². The van der Waals surface area contributed by atoms with E-state index in [9.17, 15) is 4.79 Å². The molecular weight excluding hydrogens is 335 g/mol. The maximum absolute atomic E-state index is 11.7. The number of ether oxygens (including phenoxy) is 1. The van der Waals surface area contributed by atoms with Crippen molar-refractivity contribution in [3.8, 4) is 11.6 Å². The molecular formula is C10H11IN4O2. The van der Waals surface area contributed by atoms with Gasteiger partial charge in [0.15, 0.2) is 11.6 Å². The Balaban J connectivity index is 2.57. The van der Waals surface area contributed by atoms with Gasteiger partial charge in [0, 0.05) is 26.6 Å². The Bertz CT molecular complexity index is 590. The van der Waals surface area contributed by atoms with Gasteiger partial charge in [-0.05, 0) is 22.6 Å². The second kappa shape index (κ2) is 4.96. The molecule has 0 unspecified atom stereocenters. The first-order valence-electron chi connectivity index (χ1n) is 4.88. The molecule has 2 rings (SSSR count). The second-order valence-electron chi connectivity index (χ2n) is 3.47. The van der Waals surface area contributed by atoms with E-state index in [0.29, 0.717) is 27.5 Å². The van der Waals surface area contributed by atoms with Gasteiger partial charge < -0.3 is 14.3 Å². The summed E-state index contributed by atoms with van der Waals surface area (Å²) in [5.74, 6) is 1.07. The minimum atomic E-state index is -0.175. The molecule has 0 fully saturated rings. The van der Waals surface area contributed by atoms with E-state index in [1.165, 1.54) is 0 Å². The average Bonchev–Trinajstić information content (AvgIpc) is 2.71. The predicted octanol–water partition coefficient (Wildman–Crippen LogP) is 0.921. The van der Waals surface area contributed by atoms with Gasteiger partial charge in [-0.25, -0.2) is 9.97 Å². The molecule has 0 aliphatic rings. The topological polar surface area (TPSA) is 72.8 Å². The Kier molecular flexibility index (Phi) is 3.57. The molecule has 17 heavy (non-hydrogen) atoms. The first kappa shape index (κ1) is 12.2. The predicted molar refractivity (Wildman–Crippen MR) is 70.5 cm³/mol. The van der Waals surface area contributed by atoms with Crippen molar-refractivity contribution in [3.63, 3.8) is 0 Å². The van der Waals surface area contributed by atoms with Crippen LogP contribution in [0.4, 0.5) is 0 Å². The highest BCUT2D eigenvalue weighted by Crippen LogP contribution is 2.13. The summed E-state index contributed by atoms with van der Waals surface area (Å²) in [6.45, 7) is 0.305. The summed E-state index contributed by atoms with van der Waals surface area (Å²) in [5.41, 5.74) is 0.445. The van der Waals surface area contributed by atoms with E-state index >= 15 is 0 Å². The van der Waals surface area contributed by atoms with Crippen molar-refractivity contribution in [3.05, 3.63) is 32.0 Å². The van der Waals surface area contributed by atoms with Crippen molar-refractivity contribution in [1.82, 2.24) is 19.5 Å². The van der Waals surface area contributed by atoms with E-state index in [0.717, 1.165) is 0 Å². The van der Waals surface area contributed by atoms with E-state index in [4.69, 9.17) is 4.74 Å². The third kappa shape index (κ3) is 2.39. The number of imidazole rings is 1. The van der Waals surface area contributed by atoms with Gasteiger partial charge in [0.1, 0.15) is 3.57 Å². The van der Waals surface area contributed by atoms with Gasteiger partial charge >= 0.3 is 0 Å². The van der Waals surface area contributed by atoms with Crippen LogP contribution in [0.15, 0.2) is 17.2 Å². The number of halogens is 1. The van der Waals surface area contributed by atoms with Crippen LogP contribution in [0.25, 0.3) is 11.6 Å². The largest absolute Gasteiger partial charge is 0.378 e. The molecule has 2 heterocycles. The number of aromatic amines is 1. The molecule has 7 heteroatoms. The third-order valence-electron chi connectivity index (χ3n) is 2.25. The molecule has 0 saturated heterocycles. The lowest BCUT2D eigenvalue weighted by Gasteiger charge is -2.05. The molecule has 0 radical (unpaired) electrons. The number of aromatic nitrogens is 4. The van der Waals surface area contributed by atoms with Crippen molar-refractivity contribution in [2.24, 2.45) is 7.05 Å². The molecule has 0 aliphatic heterocycles. The van der Waals surface area contributed by atoms with Crippen molar-refractivity contribution in [2.75, 3.05) is 7.11 Å². The summed E-state index contributed by atoms with van der Waals surface area (Å²) in [6.07, 6.45) is 3.45. The van der Waals surface area contributed by atoms with Crippen molar-refractivity contribution >= 4 is 22.6 Å². The molecule has 0 bridgehead atoms. The summed E-state index contributed by atoms with van der Waals surface area (Å²) >= 11 is 1.96. The maximum atomic E-state index is 11.7. The van der Waals surface area contributed by atoms with Gasteiger partial charge in [0.2, 0.25) is 0 Å². The number of methoxy groups -OCH3 is 1. The molecule has 90 valence electrons. The Hall–Kier alpha value is -1.22. The standard InChI is InChI=1S/C10H11IN4O2/c1-15-4-3-12-9(15)8-13-6(5-17-2)7(11)10(16)14-8/h3-4H,5H2,1-2H3,(H,13,14,16). The van der Waals surface area contributed by atoms with Gasteiger partial charge in [-0.15, -0.1) is 0 Å². The fraction of sp³-hybridized carbons (Fsp3) is 0.300. The second-order valence-corrected chi connectivity index (χ2v) is 4.55. The molecule has 2 aromatic rings. The zero-order valence-electron chi connectivity index (χ0n) is 9.40. The lowest BCUT2D eigenvalue weighted by molar-refractivity contribution is 0.180. The zero-order valence-corrected chi connectivity index (χ0v) is 11.6. The van der Waals surface area contributed by atoms with Crippen LogP contribution >= 0.6 is 22.6 Å². The summed E-state index contributed by atoms with van der Waals surface area (Å²) in [6, 6.07) is 0. The van der Waals surface area contributed by atoms with E-state index in [-0.39, 0.29) is 5.56 Å². The minimum absolute atomic E-state index is 0.175. The molecule has 2 aromatic heterocycles. The number of nitrogens with zero attached hydrogens (tertiary/aromatic N) is 3. The Labute approximate surface area is 111 Å². The van der Waals surface area contributed by atoms with Gasteiger partial charge in [-0.1, -0.05) is 0 Å². The lowest BCUT2D eigenvalue weighted by Crippen LogP contribution is -2.17. The highest BCUT2D eigenvalue weighted by molar-refractivity contribution is 14.1. The molecule has 0 spiro atoms. The molecule has 0 saturated carbocycles. The van der Waals surface area contributed by atoms with Crippen LogP contribution in [0.1, 0.15) is 5.69 Å². The summed E-state index contributed by atoms with van der Waals surface area (Å²) in [7, 11) is 3.41. The lowest BCUT2D eigenvalue weighted by atomic mass is 10.4. The van der Waals surface area contributed by atoms with Gasteiger partial charge in [-0.2, -0.15) is 0 Å². The van der Waals surface area contributed by atoms with Gasteiger partial charge in [0.25, 0.3) is 5.56 Å². The highest BCUT2D eigenvalue weighted by atomic mass is 127. The molecule has 1 N–H and O–H groups in total. The number of hydrogen-bond donors (Lipinski definition) is 1. The van der Waals surface area contributed by atoms with Gasteiger partial charge in [0.05, 0.1) is 12.3 Å². The zero-order chi connectivity index (χ0) is 12.4. The van der Waals surface area contributed by atoms with Gasteiger partial charge in [-0.3, -0.25) is 4.79 Å². The van der Waals surface area contributed by atoms with Crippen LogP contribution in [0.3, 0.4) is 0 Å². The molecule has 0 atom stereocenters. The van der Waals surface area contributed by atoms with Crippen molar-refractivity contribution in [2.45, 2.75) is 6.61 Å².